The molecule has 0 bridgehead atoms. The zero-order valence-corrected chi connectivity index (χ0v) is 51.8. The van der Waals surface area contributed by atoms with Gasteiger partial charge in [0.2, 0.25) is 0 Å². The van der Waals surface area contributed by atoms with Gasteiger partial charge in [-0.25, -0.2) is 0 Å². The fraction of sp³-hybridized carbons (Fsp3) is 0.0380. The topological polar surface area (TPSA) is 0 Å². The third-order valence-corrected chi connectivity index (χ3v) is 23.0. The molecular weight excluding hydrogens is 1400 g/mol. The van der Waals surface area contributed by atoms with Crippen LogP contribution in [0.3, 0.4) is 0 Å². The van der Waals surface area contributed by atoms with Crippen LogP contribution in [0.1, 0.15) is 55.6 Å². The van der Waals surface area contributed by atoms with Crippen molar-refractivity contribution < 1.29 is 44.8 Å². The summed E-state index contributed by atoms with van der Waals surface area (Å²) in [6, 6.07) is 117. The van der Waals surface area contributed by atoms with Crippen LogP contribution in [0.2, 0.25) is 0 Å². The van der Waals surface area contributed by atoms with Crippen LogP contribution in [0.15, 0.2) is 328 Å². The van der Waals surface area contributed by atoms with Gasteiger partial charge in [-0.1, -0.05) is 255 Å². The van der Waals surface area contributed by atoms with Crippen LogP contribution in [0.5, 0.6) is 0 Å². The van der Waals surface area contributed by atoms with Crippen LogP contribution < -0.4 is 21.2 Å². The predicted octanol–water partition coefficient (Wildman–Crippen LogP) is 16.6. The summed E-state index contributed by atoms with van der Waals surface area (Å²) in [4.78, 5) is 0. The maximum Gasteiger partial charge on any atom is 1.00 e. The fourth-order valence-electron chi connectivity index (χ4n) is 12.5. The van der Waals surface area contributed by atoms with Crippen molar-refractivity contribution in [3.8, 4) is 34.1 Å². The van der Waals surface area contributed by atoms with Crippen LogP contribution in [0, 0.1) is 24.7 Å². The standard InChI is InChI=1S/2C27H17.C25H22P2.2Au/c2*1-2-20-17-18-26-24(19-20)23-15-9-10-16-25(23)27(26,21-11-5-3-6-12-21)22-13-7-4-8-14-22;1-5-13-22(14-6-1)26(23-15-7-2-8-16-23)21-27(24-17-9-3-10-18-24)25-19-11-4-12-20-25;;/h2*3-19H;1-20H,21H2;;/q2*-1;;2*+1/p+2. The van der Waals surface area contributed by atoms with E-state index < -0.39 is 15.8 Å². The summed E-state index contributed by atoms with van der Waals surface area (Å²) in [5, 5.41) is 6.01. The van der Waals surface area contributed by atoms with Crippen molar-refractivity contribution in [3.63, 3.8) is 0 Å². The van der Waals surface area contributed by atoms with E-state index in [9.17, 15) is 0 Å². The van der Waals surface area contributed by atoms with Crippen LogP contribution in [0.25, 0.3) is 22.3 Å². The van der Waals surface area contributed by atoms with Gasteiger partial charge in [0, 0.05) is 0 Å². The number of rotatable bonds is 10. The average molecular weight is 1460 g/mol. The molecular formula is C79H58Au2P2+2. The van der Waals surface area contributed by atoms with E-state index in [1.165, 1.54) is 93.9 Å². The van der Waals surface area contributed by atoms with Gasteiger partial charge in [-0.3, -0.25) is 11.8 Å². The molecule has 0 unspecified atom stereocenters. The second kappa shape index (κ2) is 27.0. The first-order valence-electron chi connectivity index (χ1n) is 27.6. The van der Waals surface area contributed by atoms with E-state index in [1.54, 1.807) is 0 Å². The summed E-state index contributed by atoms with van der Waals surface area (Å²) >= 11 is 0. The molecule has 2 aliphatic rings. The molecule has 0 saturated heterocycles. The molecule has 12 aromatic rings. The predicted molar refractivity (Wildman–Crippen MR) is 346 cm³/mol. The summed E-state index contributed by atoms with van der Waals surface area (Å²) < 4.78 is 0. The molecule has 83 heavy (non-hydrogen) atoms. The number of benzene rings is 12. The molecule has 4 heteroatoms. The molecule has 0 fully saturated rings. The van der Waals surface area contributed by atoms with Gasteiger partial charge in [-0.05, 0) is 115 Å². The molecule has 14 rings (SSSR count). The van der Waals surface area contributed by atoms with Gasteiger partial charge in [-0.2, -0.15) is 0 Å². The maximum atomic E-state index is 7.57. The molecule has 0 aromatic heterocycles. The van der Waals surface area contributed by atoms with Gasteiger partial charge in [0.25, 0.3) is 0 Å². The van der Waals surface area contributed by atoms with E-state index in [-0.39, 0.29) is 55.6 Å². The summed E-state index contributed by atoms with van der Waals surface area (Å²) in [6.07, 6.45) is 15.1. The van der Waals surface area contributed by atoms with Crippen LogP contribution in [-0.4, -0.2) is 5.90 Å². The van der Waals surface area contributed by atoms with Gasteiger partial charge < -0.3 is 12.8 Å². The first-order valence-corrected chi connectivity index (χ1v) is 31.0. The van der Waals surface area contributed by atoms with Crippen molar-refractivity contribution in [1.82, 2.24) is 0 Å². The Hall–Kier alpha value is -7.90. The molecule has 0 spiro atoms. The molecule has 0 N–H and O–H groups in total. The van der Waals surface area contributed by atoms with E-state index in [4.69, 9.17) is 12.8 Å². The minimum absolute atomic E-state index is 0. The maximum absolute atomic E-state index is 7.57. The van der Waals surface area contributed by atoms with Crippen LogP contribution in [0.4, 0.5) is 0 Å². The minimum atomic E-state index is -0.847. The second-order valence-electron chi connectivity index (χ2n) is 20.4. The van der Waals surface area contributed by atoms with E-state index >= 15 is 0 Å². The molecule has 0 nitrogen and oxygen atoms in total. The molecule has 404 valence electrons. The van der Waals surface area contributed by atoms with Gasteiger partial charge in [0.1, 0.15) is 37.1 Å². The Kier molecular flexibility index (Phi) is 19.0. The average Bonchev–Trinajstić information content (AvgIpc) is 1.84. The van der Waals surface area contributed by atoms with Crippen molar-refractivity contribution >= 4 is 37.1 Å². The van der Waals surface area contributed by atoms with Crippen molar-refractivity contribution in [2.24, 2.45) is 0 Å². The molecule has 0 saturated carbocycles. The Morgan fingerprint density at radius 2 is 0.482 bits per heavy atom. The Morgan fingerprint density at radius 3 is 0.747 bits per heavy atom. The smallest absolute Gasteiger partial charge is 0.366 e. The Morgan fingerprint density at radius 1 is 0.253 bits per heavy atom. The SMILES string of the molecule is [Au+].[Au+].[C-]#Cc1ccc2c(c1)-c1ccccc1C2(c1ccccc1)c1ccccc1.[C-]#Cc1ccc2c(c1)-c1ccccc1C2(c1ccccc1)c1ccccc1.c1ccc([PH+](C[PH+](c2ccccc2)c2ccccc2)c2ccccc2)cc1. The van der Waals surface area contributed by atoms with Crippen molar-refractivity contribution in [3.05, 3.63) is 396 Å². The first kappa shape index (κ1) is 58.3. The van der Waals surface area contributed by atoms with E-state index in [0.717, 1.165) is 11.1 Å². The summed E-state index contributed by atoms with van der Waals surface area (Å²) in [5.74, 6) is 6.34. The van der Waals surface area contributed by atoms with Crippen molar-refractivity contribution in [2.75, 3.05) is 5.90 Å². The summed E-state index contributed by atoms with van der Waals surface area (Å²) in [7, 11) is -1.69. The third-order valence-electron chi connectivity index (χ3n) is 16.0. The van der Waals surface area contributed by atoms with Gasteiger partial charge in [0.15, 0.2) is 5.90 Å². The summed E-state index contributed by atoms with van der Waals surface area (Å²) in [5.41, 5.74) is 15.9. The molecule has 0 heterocycles. The largest absolute Gasteiger partial charge is 1.00 e. The van der Waals surface area contributed by atoms with Crippen LogP contribution >= 0.6 is 15.8 Å². The van der Waals surface area contributed by atoms with E-state index in [0.29, 0.717) is 0 Å². The molecule has 0 radical (unpaired) electrons. The van der Waals surface area contributed by atoms with Gasteiger partial charge in [0.05, 0.1) is 10.8 Å². The van der Waals surface area contributed by atoms with Crippen molar-refractivity contribution in [1.29, 1.82) is 0 Å². The van der Waals surface area contributed by atoms with E-state index in [1.807, 2.05) is 12.1 Å². The third kappa shape index (κ3) is 11.4. The van der Waals surface area contributed by atoms with E-state index in [2.05, 4.69) is 327 Å². The molecule has 12 aromatic carbocycles. The summed E-state index contributed by atoms with van der Waals surface area (Å²) in [6.45, 7) is 0. The Balaban J connectivity index is 0.000000137. The molecule has 0 aliphatic heterocycles. The fourth-order valence-corrected chi connectivity index (χ4v) is 20.3. The Labute approximate surface area is 524 Å². The minimum Gasteiger partial charge on any atom is -0.366 e. The molecule has 2 aliphatic carbocycles. The monoisotopic (exact) mass is 1460 g/mol. The number of hydrogen-bond donors (Lipinski definition) is 0. The first-order chi connectivity index (χ1) is 40.1. The molecule has 0 amide bonds. The Bertz CT molecular complexity index is 3710. The second-order valence-corrected chi connectivity index (χ2v) is 26.1. The zero-order valence-electron chi connectivity index (χ0n) is 45.5. The quantitative estimate of drug-likeness (QED) is 0.0554. The normalized spacial score (nSPS) is 12.3. The van der Waals surface area contributed by atoms with Gasteiger partial charge >= 0.3 is 44.8 Å². The van der Waals surface area contributed by atoms with Crippen molar-refractivity contribution in [2.45, 2.75) is 10.8 Å². The number of fused-ring (bicyclic) bond motifs is 6. The van der Waals surface area contributed by atoms with Gasteiger partial charge in [-0.15, -0.1) is 35.4 Å². The van der Waals surface area contributed by atoms with Crippen LogP contribution in [-0.2, 0) is 55.6 Å². The molecule has 0 atom stereocenters. The zero-order chi connectivity index (χ0) is 54.9. The number of hydrogen-bond acceptors (Lipinski definition) is 0.